The number of hydrogen-bond donors (Lipinski definition) is 1. The van der Waals surface area contributed by atoms with Crippen molar-refractivity contribution in [2.75, 3.05) is 6.54 Å². The lowest BCUT2D eigenvalue weighted by Gasteiger charge is -2.08. The van der Waals surface area contributed by atoms with Crippen molar-refractivity contribution in [3.8, 4) is 0 Å². The van der Waals surface area contributed by atoms with Gasteiger partial charge in [-0.2, -0.15) is 0 Å². The summed E-state index contributed by atoms with van der Waals surface area (Å²) >= 11 is 0. The van der Waals surface area contributed by atoms with Gasteiger partial charge < -0.3 is 5.73 Å². The summed E-state index contributed by atoms with van der Waals surface area (Å²) in [6.45, 7) is 4.92. The molecule has 0 amide bonds. The Bertz CT molecular complexity index is 300. The van der Waals surface area contributed by atoms with Crippen LogP contribution < -0.4 is 5.73 Å². The van der Waals surface area contributed by atoms with E-state index in [4.69, 9.17) is 5.73 Å². The molecule has 0 spiro atoms. The fourth-order valence-electron chi connectivity index (χ4n) is 1.52. The number of rotatable bonds is 3. The van der Waals surface area contributed by atoms with Gasteiger partial charge in [0.2, 0.25) is 0 Å². The van der Waals surface area contributed by atoms with E-state index in [1.54, 1.807) is 0 Å². The van der Waals surface area contributed by atoms with E-state index in [1.807, 2.05) is 0 Å². The number of hydrogen-bond acceptors (Lipinski definition) is 1. The molecule has 1 heteroatoms. The van der Waals surface area contributed by atoms with Crippen LogP contribution in [-0.4, -0.2) is 6.54 Å². The molecule has 13 heavy (non-hydrogen) atoms. The quantitative estimate of drug-likeness (QED) is 0.751. The van der Waals surface area contributed by atoms with Crippen LogP contribution in [0.5, 0.6) is 0 Å². The highest BCUT2D eigenvalue weighted by Gasteiger charge is 2.01. The lowest BCUT2D eigenvalue weighted by Crippen LogP contribution is -2.00. The molecule has 0 aromatic heterocycles. The largest absolute Gasteiger partial charge is 0.330 e. The van der Waals surface area contributed by atoms with Gasteiger partial charge in [0.25, 0.3) is 0 Å². The molecule has 0 saturated heterocycles. The smallest absolute Gasteiger partial charge is 0.00366 e. The number of allylic oxidation sites excluding steroid dienone is 1. The van der Waals surface area contributed by atoms with Gasteiger partial charge in [-0.15, -0.1) is 0 Å². The molecule has 0 saturated carbocycles. The van der Waals surface area contributed by atoms with Crippen molar-refractivity contribution in [1.82, 2.24) is 0 Å². The summed E-state index contributed by atoms with van der Waals surface area (Å²) in [5.41, 5.74) is 9.55. The van der Waals surface area contributed by atoms with Gasteiger partial charge in [0.05, 0.1) is 0 Å². The maximum atomic E-state index is 5.55. The minimum atomic E-state index is 0.716. The molecule has 0 heterocycles. The van der Waals surface area contributed by atoms with Crippen molar-refractivity contribution in [2.45, 2.75) is 20.3 Å². The van der Waals surface area contributed by atoms with Crippen molar-refractivity contribution < 1.29 is 0 Å². The maximum absolute atomic E-state index is 5.55. The molecule has 0 bridgehead atoms. The van der Waals surface area contributed by atoms with Crippen molar-refractivity contribution >= 4 is 5.57 Å². The van der Waals surface area contributed by atoms with Crippen LogP contribution in [0, 0.1) is 6.92 Å². The van der Waals surface area contributed by atoms with Crippen molar-refractivity contribution in [3.63, 3.8) is 0 Å². The second-order valence-electron chi connectivity index (χ2n) is 3.17. The fourth-order valence-corrected chi connectivity index (χ4v) is 1.52. The summed E-state index contributed by atoms with van der Waals surface area (Å²) in [6.07, 6.45) is 3.11. The number of aryl methyl sites for hydroxylation is 1. The highest BCUT2D eigenvalue weighted by molar-refractivity contribution is 5.67. The molecular formula is C12H17N. The lowest BCUT2D eigenvalue weighted by molar-refractivity contribution is 1.02. The maximum Gasteiger partial charge on any atom is -0.00366 e. The molecule has 0 unspecified atom stereocenters. The van der Waals surface area contributed by atoms with Gasteiger partial charge in [-0.1, -0.05) is 30.3 Å². The SMILES string of the molecule is C/C=C(/CCN)c1ccccc1C. The molecule has 0 aliphatic heterocycles. The van der Waals surface area contributed by atoms with E-state index in [0.29, 0.717) is 6.54 Å². The first-order valence-corrected chi connectivity index (χ1v) is 4.71. The van der Waals surface area contributed by atoms with Gasteiger partial charge in [0, 0.05) is 0 Å². The van der Waals surface area contributed by atoms with Crippen molar-refractivity contribution in [3.05, 3.63) is 41.5 Å². The lowest BCUT2D eigenvalue weighted by atomic mass is 9.98. The summed E-state index contributed by atoms with van der Waals surface area (Å²) in [4.78, 5) is 0. The van der Waals surface area contributed by atoms with E-state index in [0.717, 1.165) is 6.42 Å². The molecule has 1 nitrogen and oxygen atoms in total. The van der Waals surface area contributed by atoms with Crippen LogP contribution in [0.3, 0.4) is 0 Å². The summed E-state index contributed by atoms with van der Waals surface area (Å²) in [6, 6.07) is 8.42. The van der Waals surface area contributed by atoms with Crippen LogP contribution in [0.4, 0.5) is 0 Å². The Labute approximate surface area is 80.3 Å². The first kappa shape index (κ1) is 10.0. The first-order valence-electron chi connectivity index (χ1n) is 4.71. The average Bonchev–Trinajstić information content (AvgIpc) is 2.16. The summed E-state index contributed by atoms with van der Waals surface area (Å²) in [7, 11) is 0. The second-order valence-corrected chi connectivity index (χ2v) is 3.17. The molecule has 0 aliphatic carbocycles. The van der Waals surface area contributed by atoms with E-state index in [-0.39, 0.29) is 0 Å². The van der Waals surface area contributed by atoms with E-state index >= 15 is 0 Å². The van der Waals surface area contributed by atoms with Crippen molar-refractivity contribution in [1.29, 1.82) is 0 Å². The Morgan fingerprint density at radius 3 is 2.62 bits per heavy atom. The third-order valence-corrected chi connectivity index (χ3v) is 2.25. The molecule has 1 rings (SSSR count). The first-order chi connectivity index (χ1) is 6.29. The van der Waals surface area contributed by atoms with Gasteiger partial charge in [0.1, 0.15) is 0 Å². The standard InChI is InChI=1S/C12H17N/c1-3-11(8-9-13)12-7-5-4-6-10(12)2/h3-7H,8-9,13H2,1-2H3/b11-3-. The van der Waals surface area contributed by atoms with E-state index < -0.39 is 0 Å². The molecule has 70 valence electrons. The van der Waals surface area contributed by atoms with Gasteiger partial charge in [0.15, 0.2) is 0 Å². The van der Waals surface area contributed by atoms with Crippen LogP contribution in [0.2, 0.25) is 0 Å². The van der Waals surface area contributed by atoms with Gasteiger partial charge in [-0.25, -0.2) is 0 Å². The van der Waals surface area contributed by atoms with Crippen LogP contribution in [0.15, 0.2) is 30.3 Å². The Balaban J connectivity index is 2.99. The Kier molecular flexibility index (Phi) is 3.71. The summed E-state index contributed by atoms with van der Waals surface area (Å²) < 4.78 is 0. The highest BCUT2D eigenvalue weighted by Crippen LogP contribution is 2.20. The topological polar surface area (TPSA) is 26.0 Å². The third kappa shape index (κ3) is 2.43. The minimum absolute atomic E-state index is 0.716. The van der Waals surface area contributed by atoms with Crippen LogP contribution in [-0.2, 0) is 0 Å². The molecule has 0 aliphatic rings. The van der Waals surface area contributed by atoms with Crippen LogP contribution in [0.25, 0.3) is 5.57 Å². The summed E-state index contributed by atoms with van der Waals surface area (Å²) in [5.74, 6) is 0. The van der Waals surface area contributed by atoms with Crippen LogP contribution in [0.1, 0.15) is 24.5 Å². The number of nitrogens with two attached hydrogens (primary N) is 1. The molecule has 0 atom stereocenters. The molecule has 0 fully saturated rings. The molecule has 2 N–H and O–H groups in total. The predicted molar refractivity (Wildman–Crippen MR) is 58.5 cm³/mol. The van der Waals surface area contributed by atoms with Crippen LogP contribution >= 0.6 is 0 Å². The Hall–Kier alpha value is -1.08. The third-order valence-electron chi connectivity index (χ3n) is 2.25. The van der Waals surface area contributed by atoms with Gasteiger partial charge >= 0.3 is 0 Å². The molecular weight excluding hydrogens is 158 g/mol. The predicted octanol–water partition coefficient (Wildman–Crippen LogP) is 2.75. The van der Waals surface area contributed by atoms with Crippen molar-refractivity contribution in [2.24, 2.45) is 5.73 Å². The van der Waals surface area contributed by atoms with Gasteiger partial charge in [-0.3, -0.25) is 0 Å². The zero-order valence-corrected chi connectivity index (χ0v) is 8.38. The van der Waals surface area contributed by atoms with E-state index in [2.05, 4.69) is 44.2 Å². The summed E-state index contributed by atoms with van der Waals surface area (Å²) in [5, 5.41) is 0. The molecule has 1 aromatic rings. The molecule has 1 aromatic carbocycles. The van der Waals surface area contributed by atoms with E-state index in [1.165, 1.54) is 16.7 Å². The Morgan fingerprint density at radius 1 is 1.38 bits per heavy atom. The highest BCUT2D eigenvalue weighted by atomic mass is 14.5. The zero-order chi connectivity index (χ0) is 9.68. The average molecular weight is 175 g/mol. The minimum Gasteiger partial charge on any atom is -0.330 e. The number of benzene rings is 1. The molecule has 0 radical (unpaired) electrons. The van der Waals surface area contributed by atoms with Gasteiger partial charge in [-0.05, 0) is 43.5 Å². The Morgan fingerprint density at radius 2 is 2.08 bits per heavy atom. The zero-order valence-electron chi connectivity index (χ0n) is 8.38. The monoisotopic (exact) mass is 175 g/mol. The van der Waals surface area contributed by atoms with E-state index in [9.17, 15) is 0 Å². The normalized spacial score (nSPS) is 11.8. The second kappa shape index (κ2) is 4.83. The fraction of sp³-hybridized carbons (Fsp3) is 0.333.